The fourth-order valence-corrected chi connectivity index (χ4v) is 4.13. The summed E-state index contributed by atoms with van der Waals surface area (Å²) in [5.41, 5.74) is -0.427. The normalized spacial score (nSPS) is 22.8. The second-order valence-corrected chi connectivity index (χ2v) is 7.83. The number of hydrogen-bond donors (Lipinski definition) is 3. The molecule has 0 unspecified atom stereocenters. The number of nitrogens with one attached hydrogen (secondary N) is 3. The van der Waals surface area contributed by atoms with E-state index in [-0.39, 0.29) is 30.5 Å². The van der Waals surface area contributed by atoms with Crippen molar-refractivity contribution in [2.75, 3.05) is 11.9 Å². The third-order valence-electron chi connectivity index (χ3n) is 5.60. The topological polar surface area (TPSA) is 90.5 Å². The van der Waals surface area contributed by atoms with Crippen molar-refractivity contribution >= 4 is 23.5 Å². The molecule has 2 fully saturated rings. The van der Waals surface area contributed by atoms with Crippen molar-refractivity contribution in [2.24, 2.45) is 0 Å². The number of amides is 4. The van der Waals surface area contributed by atoms with Gasteiger partial charge in [0.15, 0.2) is 0 Å². The summed E-state index contributed by atoms with van der Waals surface area (Å²) in [4.78, 5) is 39.2. The van der Waals surface area contributed by atoms with Crippen LogP contribution in [0.1, 0.15) is 17.5 Å². The molecular weight excluding hydrogens is 425 g/mol. The van der Waals surface area contributed by atoms with Gasteiger partial charge in [0.25, 0.3) is 0 Å². The Morgan fingerprint density at radius 2 is 1.75 bits per heavy atom. The smallest absolute Gasteiger partial charge is 0.342 e. The summed E-state index contributed by atoms with van der Waals surface area (Å²) >= 11 is 0. The highest BCUT2D eigenvalue weighted by Crippen LogP contribution is 2.34. The van der Waals surface area contributed by atoms with Gasteiger partial charge in [-0.15, -0.1) is 0 Å². The number of nitrogens with zero attached hydrogens (tertiary/aromatic N) is 1. The van der Waals surface area contributed by atoms with E-state index in [1.165, 1.54) is 17.0 Å². The first-order valence-electron chi connectivity index (χ1n) is 10.1. The largest absolute Gasteiger partial charge is 0.418 e. The first kappa shape index (κ1) is 21.7. The lowest BCUT2D eigenvalue weighted by Crippen LogP contribution is -2.61. The predicted molar refractivity (Wildman–Crippen MR) is 110 cm³/mol. The predicted octanol–water partition coefficient (Wildman–Crippen LogP) is 2.54. The SMILES string of the molecule is O=C(Nc1ccccc1C(F)(F)F)N[C@H]1C[C@H]2C(=O)N[C@@H](Cc3ccccc3)C(=O)N2C1. The molecule has 2 aromatic rings. The van der Waals surface area contributed by atoms with Gasteiger partial charge in [-0.25, -0.2) is 4.79 Å². The van der Waals surface area contributed by atoms with Crippen LogP contribution in [0.5, 0.6) is 0 Å². The van der Waals surface area contributed by atoms with Gasteiger partial charge in [0.2, 0.25) is 11.8 Å². The zero-order chi connectivity index (χ0) is 22.9. The molecule has 10 heteroatoms. The highest BCUT2D eigenvalue weighted by Gasteiger charge is 2.46. The third kappa shape index (κ3) is 4.53. The summed E-state index contributed by atoms with van der Waals surface area (Å²) in [6.07, 6.45) is -4.08. The van der Waals surface area contributed by atoms with E-state index in [1.54, 1.807) is 0 Å². The number of rotatable bonds is 4. The number of piperazine rings is 1. The van der Waals surface area contributed by atoms with E-state index in [2.05, 4.69) is 16.0 Å². The summed E-state index contributed by atoms with van der Waals surface area (Å²) in [5.74, 6) is -0.553. The van der Waals surface area contributed by atoms with E-state index in [9.17, 15) is 27.6 Å². The van der Waals surface area contributed by atoms with Gasteiger partial charge in [0, 0.05) is 13.0 Å². The zero-order valence-corrected chi connectivity index (χ0v) is 16.9. The summed E-state index contributed by atoms with van der Waals surface area (Å²) in [5, 5.41) is 7.53. The van der Waals surface area contributed by atoms with Gasteiger partial charge in [0.1, 0.15) is 12.1 Å². The van der Waals surface area contributed by atoms with Crippen molar-refractivity contribution in [3.05, 3.63) is 65.7 Å². The van der Waals surface area contributed by atoms with Crippen LogP contribution in [0.4, 0.5) is 23.7 Å². The van der Waals surface area contributed by atoms with Crippen LogP contribution in [0.3, 0.4) is 0 Å². The maximum absolute atomic E-state index is 13.1. The summed E-state index contributed by atoms with van der Waals surface area (Å²) in [6.45, 7) is 0.108. The molecule has 0 radical (unpaired) electrons. The molecule has 2 aromatic carbocycles. The van der Waals surface area contributed by atoms with Crippen molar-refractivity contribution in [1.82, 2.24) is 15.5 Å². The Hall–Kier alpha value is -3.56. The molecule has 0 aromatic heterocycles. The molecule has 4 amide bonds. The van der Waals surface area contributed by atoms with Gasteiger partial charge in [-0.05, 0) is 24.1 Å². The van der Waals surface area contributed by atoms with E-state index < -0.39 is 35.9 Å². The second-order valence-electron chi connectivity index (χ2n) is 7.83. The van der Waals surface area contributed by atoms with Crippen molar-refractivity contribution in [2.45, 2.75) is 37.1 Å². The van der Waals surface area contributed by atoms with Crippen molar-refractivity contribution in [1.29, 1.82) is 0 Å². The highest BCUT2D eigenvalue weighted by molar-refractivity contribution is 5.98. The minimum absolute atomic E-state index is 0.108. The molecule has 2 heterocycles. The second kappa shape index (κ2) is 8.52. The molecular formula is C22H21F3N4O3. The number of anilines is 1. The number of urea groups is 1. The molecule has 3 N–H and O–H groups in total. The molecule has 32 heavy (non-hydrogen) atoms. The lowest BCUT2D eigenvalue weighted by Gasteiger charge is -2.34. The Bertz CT molecular complexity index is 1030. The number of fused-ring (bicyclic) bond motifs is 1. The summed E-state index contributed by atoms with van der Waals surface area (Å²) < 4.78 is 39.4. The van der Waals surface area contributed by atoms with Crippen LogP contribution in [0.2, 0.25) is 0 Å². The van der Waals surface area contributed by atoms with Crippen molar-refractivity contribution in [3.63, 3.8) is 0 Å². The van der Waals surface area contributed by atoms with Crippen LogP contribution in [-0.4, -0.2) is 47.4 Å². The van der Waals surface area contributed by atoms with Gasteiger partial charge >= 0.3 is 12.2 Å². The van der Waals surface area contributed by atoms with E-state index >= 15 is 0 Å². The fourth-order valence-electron chi connectivity index (χ4n) is 4.13. The minimum Gasteiger partial charge on any atom is -0.342 e. The Morgan fingerprint density at radius 1 is 1.06 bits per heavy atom. The maximum Gasteiger partial charge on any atom is 0.418 e. The van der Waals surface area contributed by atoms with Crippen LogP contribution < -0.4 is 16.0 Å². The van der Waals surface area contributed by atoms with Gasteiger partial charge in [-0.3, -0.25) is 9.59 Å². The highest BCUT2D eigenvalue weighted by atomic mass is 19.4. The summed E-state index contributed by atoms with van der Waals surface area (Å²) in [6, 6.07) is 11.1. The quantitative estimate of drug-likeness (QED) is 0.674. The average Bonchev–Trinajstić information content (AvgIpc) is 3.16. The number of carbonyl (C=O) groups excluding carboxylic acids is 3. The Labute approximate surface area is 182 Å². The first-order chi connectivity index (χ1) is 15.2. The number of benzene rings is 2. The molecule has 168 valence electrons. The minimum atomic E-state index is -4.61. The molecule has 0 aliphatic carbocycles. The Balaban J connectivity index is 1.39. The van der Waals surface area contributed by atoms with Crippen LogP contribution in [-0.2, 0) is 22.2 Å². The standard InChI is InChI=1S/C22H21F3N4O3/c23-22(24,25)15-8-4-5-9-16(15)28-21(32)26-14-11-18-19(30)27-17(20(31)29(18)12-14)10-13-6-2-1-3-7-13/h1-9,14,17-18H,10-12H2,(H,27,30)(H2,26,28,32)/t14-,17-,18-/m0/s1. The van der Waals surface area contributed by atoms with Crippen LogP contribution in [0.25, 0.3) is 0 Å². The van der Waals surface area contributed by atoms with Crippen LogP contribution in [0, 0.1) is 0 Å². The van der Waals surface area contributed by atoms with E-state index in [4.69, 9.17) is 0 Å². The molecule has 0 saturated carbocycles. The molecule has 3 atom stereocenters. The fraction of sp³-hybridized carbons (Fsp3) is 0.318. The van der Waals surface area contributed by atoms with Gasteiger partial charge in [-0.2, -0.15) is 13.2 Å². The third-order valence-corrected chi connectivity index (χ3v) is 5.60. The van der Waals surface area contributed by atoms with Crippen molar-refractivity contribution < 1.29 is 27.6 Å². The molecule has 4 rings (SSSR count). The molecule has 2 aliphatic heterocycles. The monoisotopic (exact) mass is 446 g/mol. The molecule has 2 saturated heterocycles. The van der Waals surface area contributed by atoms with Gasteiger partial charge in [0.05, 0.1) is 17.3 Å². The number of hydrogen-bond acceptors (Lipinski definition) is 3. The average molecular weight is 446 g/mol. The molecule has 7 nitrogen and oxygen atoms in total. The van der Waals surface area contributed by atoms with E-state index in [0.717, 1.165) is 17.7 Å². The van der Waals surface area contributed by atoms with Crippen LogP contribution in [0.15, 0.2) is 54.6 Å². The molecule has 0 bridgehead atoms. The number of para-hydroxylation sites is 1. The van der Waals surface area contributed by atoms with E-state index in [0.29, 0.717) is 6.42 Å². The lowest BCUT2D eigenvalue weighted by atomic mass is 10.0. The summed E-state index contributed by atoms with van der Waals surface area (Å²) in [7, 11) is 0. The Kier molecular flexibility index (Phi) is 5.77. The zero-order valence-electron chi connectivity index (χ0n) is 16.9. The number of halogens is 3. The van der Waals surface area contributed by atoms with Crippen molar-refractivity contribution in [3.8, 4) is 0 Å². The first-order valence-corrected chi connectivity index (χ1v) is 10.1. The Morgan fingerprint density at radius 3 is 2.47 bits per heavy atom. The maximum atomic E-state index is 13.1. The number of alkyl halides is 3. The molecule has 0 spiro atoms. The van der Waals surface area contributed by atoms with Crippen LogP contribution >= 0.6 is 0 Å². The lowest BCUT2D eigenvalue weighted by molar-refractivity contribution is -0.147. The van der Waals surface area contributed by atoms with Gasteiger partial charge < -0.3 is 20.9 Å². The molecule has 2 aliphatic rings. The number of carbonyl (C=O) groups is 3. The van der Waals surface area contributed by atoms with E-state index in [1.807, 2.05) is 30.3 Å². The van der Waals surface area contributed by atoms with Gasteiger partial charge in [-0.1, -0.05) is 42.5 Å².